The molecule has 0 aliphatic carbocycles. The molecule has 106 valence electrons. The number of halogens is 2. The monoisotopic (exact) mass is 336 g/mol. The third-order valence-electron chi connectivity index (χ3n) is 3.20. The fourth-order valence-electron chi connectivity index (χ4n) is 2.33. The Morgan fingerprint density at radius 3 is 2.55 bits per heavy atom. The second kappa shape index (κ2) is 6.97. The number of hydrazine groups is 1. The highest BCUT2D eigenvalue weighted by Gasteiger charge is 2.10. The van der Waals surface area contributed by atoms with Gasteiger partial charge in [-0.3, -0.25) is 11.3 Å². The van der Waals surface area contributed by atoms with Crippen LogP contribution in [0.15, 0.2) is 46.9 Å². The molecule has 1 atom stereocenters. The summed E-state index contributed by atoms with van der Waals surface area (Å²) < 4.78 is 14.1. The van der Waals surface area contributed by atoms with Gasteiger partial charge in [-0.25, -0.2) is 4.39 Å². The van der Waals surface area contributed by atoms with Crippen molar-refractivity contribution in [1.29, 1.82) is 0 Å². The minimum Gasteiger partial charge on any atom is -0.271 e. The average Bonchev–Trinajstić information content (AvgIpc) is 2.36. The lowest BCUT2D eigenvalue weighted by atomic mass is 9.98. The molecule has 2 aromatic rings. The standard InChI is InChI=1S/C16H18BrFN2/c1-11-3-2-4-12(5-11)8-16(20-19)9-13-6-14(17)10-15(18)7-13/h2-7,10,16,20H,8-9,19H2,1H3. The molecule has 0 saturated carbocycles. The highest BCUT2D eigenvalue weighted by atomic mass is 79.9. The van der Waals surface area contributed by atoms with Crippen LogP contribution in [0.25, 0.3) is 0 Å². The quantitative estimate of drug-likeness (QED) is 0.647. The van der Waals surface area contributed by atoms with Crippen molar-refractivity contribution >= 4 is 15.9 Å². The van der Waals surface area contributed by atoms with E-state index in [1.54, 1.807) is 6.07 Å². The van der Waals surface area contributed by atoms with Crippen LogP contribution in [0.5, 0.6) is 0 Å². The van der Waals surface area contributed by atoms with Gasteiger partial charge >= 0.3 is 0 Å². The molecular formula is C16H18BrFN2. The molecule has 0 heterocycles. The average molecular weight is 337 g/mol. The van der Waals surface area contributed by atoms with Crippen LogP contribution in [0, 0.1) is 12.7 Å². The van der Waals surface area contributed by atoms with Crippen molar-refractivity contribution in [3.05, 3.63) is 69.4 Å². The minimum atomic E-state index is -0.235. The summed E-state index contributed by atoms with van der Waals surface area (Å²) in [7, 11) is 0. The van der Waals surface area contributed by atoms with Gasteiger partial charge < -0.3 is 0 Å². The summed E-state index contributed by atoms with van der Waals surface area (Å²) in [4.78, 5) is 0. The van der Waals surface area contributed by atoms with Crippen LogP contribution < -0.4 is 11.3 Å². The van der Waals surface area contributed by atoms with E-state index in [1.807, 2.05) is 12.1 Å². The van der Waals surface area contributed by atoms with Gasteiger partial charge in [-0.1, -0.05) is 45.8 Å². The van der Waals surface area contributed by atoms with E-state index in [1.165, 1.54) is 17.2 Å². The van der Waals surface area contributed by atoms with Gasteiger partial charge in [-0.15, -0.1) is 0 Å². The Morgan fingerprint density at radius 1 is 1.15 bits per heavy atom. The van der Waals surface area contributed by atoms with Crippen molar-refractivity contribution < 1.29 is 4.39 Å². The molecule has 0 aromatic heterocycles. The summed E-state index contributed by atoms with van der Waals surface area (Å²) in [5.41, 5.74) is 6.20. The minimum absolute atomic E-state index is 0.0745. The Hall–Kier alpha value is -1.23. The number of hydrogen-bond acceptors (Lipinski definition) is 2. The maximum absolute atomic E-state index is 13.4. The number of nitrogens with one attached hydrogen (secondary N) is 1. The lowest BCUT2D eigenvalue weighted by molar-refractivity contribution is 0.520. The SMILES string of the molecule is Cc1cccc(CC(Cc2cc(F)cc(Br)c2)NN)c1. The lowest BCUT2D eigenvalue weighted by Gasteiger charge is -2.16. The van der Waals surface area contributed by atoms with Crippen LogP contribution in [-0.2, 0) is 12.8 Å². The molecular weight excluding hydrogens is 319 g/mol. The van der Waals surface area contributed by atoms with Crippen molar-refractivity contribution in [2.45, 2.75) is 25.8 Å². The van der Waals surface area contributed by atoms with Crippen molar-refractivity contribution in [3.8, 4) is 0 Å². The molecule has 0 amide bonds. The molecule has 0 spiro atoms. The van der Waals surface area contributed by atoms with Crippen molar-refractivity contribution in [2.75, 3.05) is 0 Å². The molecule has 0 saturated heterocycles. The Labute approximate surface area is 127 Å². The van der Waals surface area contributed by atoms with E-state index in [9.17, 15) is 4.39 Å². The highest BCUT2D eigenvalue weighted by molar-refractivity contribution is 9.10. The first-order valence-electron chi connectivity index (χ1n) is 6.53. The summed E-state index contributed by atoms with van der Waals surface area (Å²) in [6, 6.07) is 13.3. The molecule has 0 aliphatic heterocycles. The first-order valence-corrected chi connectivity index (χ1v) is 7.33. The van der Waals surface area contributed by atoms with E-state index in [0.29, 0.717) is 6.42 Å². The van der Waals surface area contributed by atoms with E-state index in [-0.39, 0.29) is 11.9 Å². The van der Waals surface area contributed by atoms with Gasteiger partial charge in [-0.2, -0.15) is 0 Å². The van der Waals surface area contributed by atoms with Gasteiger partial charge in [0.25, 0.3) is 0 Å². The van der Waals surface area contributed by atoms with Crippen molar-refractivity contribution in [2.24, 2.45) is 5.84 Å². The number of benzene rings is 2. The third-order valence-corrected chi connectivity index (χ3v) is 3.66. The summed E-state index contributed by atoms with van der Waals surface area (Å²) >= 11 is 3.31. The topological polar surface area (TPSA) is 38.0 Å². The van der Waals surface area contributed by atoms with Gasteiger partial charge in [0.15, 0.2) is 0 Å². The van der Waals surface area contributed by atoms with Gasteiger partial charge in [0.2, 0.25) is 0 Å². The van der Waals surface area contributed by atoms with E-state index >= 15 is 0 Å². The van der Waals surface area contributed by atoms with Gasteiger partial charge in [0, 0.05) is 10.5 Å². The van der Waals surface area contributed by atoms with Crippen LogP contribution in [-0.4, -0.2) is 6.04 Å². The Morgan fingerprint density at radius 2 is 1.90 bits per heavy atom. The zero-order valence-corrected chi connectivity index (χ0v) is 13.0. The predicted molar refractivity (Wildman–Crippen MR) is 83.8 cm³/mol. The number of rotatable bonds is 5. The Balaban J connectivity index is 2.09. The molecule has 0 bridgehead atoms. The van der Waals surface area contributed by atoms with Gasteiger partial charge in [-0.05, 0) is 49.1 Å². The summed E-state index contributed by atoms with van der Waals surface area (Å²) in [5, 5.41) is 0. The predicted octanol–water partition coefficient (Wildman–Crippen LogP) is 3.51. The molecule has 0 aliphatic rings. The fourth-order valence-corrected chi connectivity index (χ4v) is 2.84. The maximum atomic E-state index is 13.4. The van der Waals surface area contributed by atoms with Crippen molar-refractivity contribution in [3.63, 3.8) is 0 Å². The van der Waals surface area contributed by atoms with E-state index < -0.39 is 0 Å². The largest absolute Gasteiger partial charge is 0.271 e. The lowest BCUT2D eigenvalue weighted by Crippen LogP contribution is -2.38. The fraction of sp³-hybridized carbons (Fsp3) is 0.250. The van der Waals surface area contributed by atoms with E-state index in [4.69, 9.17) is 5.84 Å². The molecule has 3 N–H and O–H groups in total. The number of aryl methyl sites for hydroxylation is 1. The maximum Gasteiger partial charge on any atom is 0.124 e. The number of nitrogens with two attached hydrogens (primary N) is 1. The molecule has 2 nitrogen and oxygen atoms in total. The molecule has 20 heavy (non-hydrogen) atoms. The molecule has 4 heteroatoms. The first-order chi connectivity index (χ1) is 9.56. The second-order valence-corrected chi connectivity index (χ2v) is 5.95. The zero-order valence-electron chi connectivity index (χ0n) is 11.4. The molecule has 0 fully saturated rings. The molecule has 2 rings (SSSR count). The van der Waals surface area contributed by atoms with Crippen LogP contribution >= 0.6 is 15.9 Å². The first kappa shape index (κ1) is 15.2. The van der Waals surface area contributed by atoms with Crippen LogP contribution in [0.1, 0.15) is 16.7 Å². The van der Waals surface area contributed by atoms with E-state index in [0.717, 1.165) is 16.5 Å². The van der Waals surface area contributed by atoms with E-state index in [2.05, 4.69) is 46.5 Å². The van der Waals surface area contributed by atoms with Crippen LogP contribution in [0.2, 0.25) is 0 Å². The summed E-state index contributed by atoms with van der Waals surface area (Å²) in [5.74, 6) is 5.39. The highest BCUT2D eigenvalue weighted by Crippen LogP contribution is 2.17. The normalized spacial score (nSPS) is 12.4. The molecule has 0 radical (unpaired) electrons. The zero-order chi connectivity index (χ0) is 14.5. The van der Waals surface area contributed by atoms with Crippen LogP contribution in [0.4, 0.5) is 4.39 Å². The van der Waals surface area contributed by atoms with Gasteiger partial charge in [0.1, 0.15) is 5.82 Å². The number of hydrogen-bond donors (Lipinski definition) is 2. The summed E-state index contributed by atoms with van der Waals surface area (Å²) in [6.07, 6.45) is 1.49. The molecule has 2 aromatic carbocycles. The molecule has 1 unspecified atom stereocenters. The van der Waals surface area contributed by atoms with Crippen molar-refractivity contribution in [1.82, 2.24) is 5.43 Å². The van der Waals surface area contributed by atoms with Crippen LogP contribution in [0.3, 0.4) is 0 Å². The second-order valence-electron chi connectivity index (χ2n) is 5.04. The Kier molecular flexibility index (Phi) is 5.29. The summed E-state index contributed by atoms with van der Waals surface area (Å²) in [6.45, 7) is 2.07. The third kappa shape index (κ3) is 4.40. The smallest absolute Gasteiger partial charge is 0.124 e. The van der Waals surface area contributed by atoms with Gasteiger partial charge in [0.05, 0.1) is 0 Å². The Bertz CT molecular complexity index is 566.